The predicted octanol–water partition coefficient (Wildman–Crippen LogP) is 1.33. The van der Waals surface area contributed by atoms with Crippen LogP contribution in [0.25, 0.3) is 0 Å². The molecule has 16 heavy (non-hydrogen) atoms. The highest BCUT2D eigenvalue weighted by Crippen LogP contribution is 2.37. The van der Waals surface area contributed by atoms with Crippen LogP contribution in [0.15, 0.2) is 30.3 Å². The molecule has 1 aromatic carbocycles. The third-order valence-electron chi connectivity index (χ3n) is 3.95. The zero-order valence-electron chi connectivity index (χ0n) is 9.39. The van der Waals surface area contributed by atoms with E-state index < -0.39 is 0 Å². The van der Waals surface area contributed by atoms with Crippen molar-refractivity contribution in [2.45, 2.75) is 37.4 Å². The molecule has 1 saturated carbocycles. The Hall–Kier alpha value is -0.900. The summed E-state index contributed by atoms with van der Waals surface area (Å²) in [7, 11) is 0. The fourth-order valence-electron chi connectivity index (χ4n) is 3.08. The third-order valence-corrected chi connectivity index (χ3v) is 3.95. The molecule has 4 atom stereocenters. The van der Waals surface area contributed by atoms with Crippen molar-refractivity contribution in [2.75, 3.05) is 0 Å². The second kappa shape index (κ2) is 4.17. The molecule has 86 valence electrons. The van der Waals surface area contributed by atoms with Crippen LogP contribution in [0.2, 0.25) is 0 Å². The van der Waals surface area contributed by atoms with E-state index >= 15 is 0 Å². The summed E-state index contributed by atoms with van der Waals surface area (Å²) in [4.78, 5) is 0. The molecule has 0 radical (unpaired) electrons. The first-order chi connectivity index (χ1) is 7.84. The zero-order valence-corrected chi connectivity index (χ0v) is 9.39. The third kappa shape index (κ3) is 1.75. The molecule has 2 aliphatic rings. The summed E-state index contributed by atoms with van der Waals surface area (Å²) in [6.07, 6.45) is 3.48. The second-order valence-electron chi connectivity index (χ2n) is 5.02. The van der Waals surface area contributed by atoms with E-state index in [1.54, 1.807) is 0 Å². The lowest BCUT2D eigenvalue weighted by Gasteiger charge is -2.31. The molecule has 4 unspecified atom stereocenters. The number of fused-ring (bicyclic) bond motifs is 1. The Balaban J connectivity index is 1.82. The molecule has 0 aromatic heterocycles. The molecule has 1 saturated heterocycles. The van der Waals surface area contributed by atoms with E-state index in [4.69, 9.17) is 5.73 Å². The normalized spacial score (nSPS) is 38.3. The highest BCUT2D eigenvalue weighted by atomic mass is 15.4. The smallest absolute Gasteiger partial charge is 0.0506 e. The first kappa shape index (κ1) is 10.3. The van der Waals surface area contributed by atoms with Gasteiger partial charge < -0.3 is 5.73 Å². The molecule has 3 nitrogen and oxygen atoms in total. The van der Waals surface area contributed by atoms with Crippen LogP contribution in [0.1, 0.15) is 30.9 Å². The lowest BCUT2D eigenvalue weighted by Crippen LogP contribution is -2.39. The fourth-order valence-corrected chi connectivity index (χ4v) is 3.08. The average Bonchev–Trinajstić information content (AvgIpc) is 2.73. The molecule has 0 bridgehead atoms. The Bertz CT molecular complexity index is 351. The minimum absolute atomic E-state index is 0.383. The molecule has 1 aliphatic carbocycles. The summed E-state index contributed by atoms with van der Waals surface area (Å²) in [6.45, 7) is 0. The largest absolute Gasteiger partial charge is 0.328 e. The molecule has 0 amide bonds. The van der Waals surface area contributed by atoms with Gasteiger partial charge in [-0.2, -0.15) is 0 Å². The summed E-state index contributed by atoms with van der Waals surface area (Å²) >= 11 is 0. The Morgan fingerprint density at radius 3 is 2.69 bits per heavy atom. The molecular formula is C13H19N3. The maximum Gasteiger partial charge on any atom is 0.0506 e. The average molecular weight is 217 g/mol. The molecule has 3 rings (SSSR count). The number of hydrogen-bond acceptors (Lipinski definition) is 3. The van der Waals surface area contributed by atoms with Crippen molar-refractivity contribution in [1.29, 1.82) is 0 Å². The van der Waals surface area contributed by atoms with Crippen molar-refractivity contribution in [3.8, 4) is 0 Å². The monoisotopic (exact) mass is 217 g/mol. The van der Waals surface area contributed by atoms with Crippen LogP contribution in [-0.4, -0.2) is 12.1 Å². The Kier molecular flexibility index (Phi) is 2.67. The predicted molar refractivity (Wildman–Crippen MR) is 64.6 cm³/mol. The summed E-state index contributed by atoms with van der Waals surface area (Å²) in [5.74, 6) is 0.645. The van der Waals surface area contributed by atoms with Gasteiger partial charge in [-0.3, -0.25) is 5.43 Å². The minimum Gasteiger partial charge on any atom is -0.328 e. The van der Waals surface area contributed by atoms with Crippen LogP contribution in [0.4, 0.5) is 0 Å². The van der Waals surface area contributed by atoms with E-state index in [0.29, 0.717) is 24.0 Å². The molecule has 1 aliphatic heterocycles. The van der Waals surface area contributed by atoms with Gasteiger partial charge in [0.05, 0.1) is 6.04 Å². The maximum atomic E-state index is 6.08. The van der Waals surface area contributed by atoms with Gasteiger partial charge in [0.2, 0.25) is 0 Å². The zero-order chi connectivity index (χ0) is 11.0. The van der Waals surface area contributed by atoms with Gasteiger partial charge >= 0.3 is 0 Å². The van der Waals surface area contributed by atoms with Crippen molar-refractivity contribution >= 4 is 0 Å². The number of hydrogen-bond donors (Lipinski definition) is 3. The van der Waals surface area contributed by atoms with Gasteiger partial charge in [0, 0.05) is 12.1 Å². The molecule has 0 spiro atoms. The van der Waals surface area contributed by atoms with Crippen LogP contribution in [0, 0.1) is 5.92 Å². The summed E-state index contributed by atoms with van der Waals surface area (Å²) < 4.78 is 0. The van der Waals surface area contributed by atoms with Gasteiger partial charge in [0.25, 0.3) is 0 Å². The lowest BCUT2D eigenvalue weighted by molar-refractivity contribution is 0.279. The van der Waals surface area contributed by atoms with Crippen molar-refractivity contribution in [3.05, 3.63) is 35.9 Å². The lowest BCUT2D eigenvalue weighted by atomic mass is 9.77. The van der Waals surface area contributed by atoms with E-state index in [0.717, 1.165) is 12.8 Å². The van der Waals surface area contributed by atoms with Gasteiger partial charge in [-0.05, 0) is 30.7 Å². The molecular weight excluding hydrogens is 198 g/mol. The van der Waals surface area contributed by atoms with Crippen LogP contribution in [0.5, 0.6) is 0 Å². The Labute approximate surface area is 96.4 Å². The van der Waals surface area contributed by atoms with Crippen molar-refractivity contribution in [1.82, 2.24) is 10.9 Å². The minimum atomic E-state index is 0.383. The van der Waals surface area contributed by atoms with E-state index in [-0.39, 0.29) is 0 Å². The molecule has 1 heterocycles. The first-order valence-corrected chi connectivity index (χ1v) is 6.16. The number of benzene rings is 1. The topological polar surface area (TPSA) is 50.1 Å². The first-order valence-electron chi connectivity index (χ1n) is 6.16. The van der Waals surface area contributed by atoms with Gasteiger partial charge in [-0.1, -0.05) is 30.3 Å². The van der Waals surface area contributed by atoms with Gasteiger partial charge in [-0.15, -0.1) is 0 Å². The quantitative estimate of drug-likeness (QED) is 0.665. The van der Waals surface area contributed by atoms with Crippen LogP contribution >= 0.6 is 0 Å². The SMILES string of the molecule is NC1CCC2NNC(c3ccccc3)C2C1. The number of nitrogens with one attached hydrogen (secondary N) is 2. The summed E-state index contributed by atoms with van der Waals surface area (Å²) in [5.41, 5.74) is 14.3. The number of hydrazine groups is 1. The van der Waals surface area contributed by atoms with E-state index in [2.05, 4.69) is 41.2 Å². The van der Waals surface area contributed by atoms with Crippen LogP contribution in [-0.2, 0) is 0 Å². The van der Waals surface area contributed by atoms with Crippen LogP contribution < -0.4 is 16.6 Å². The molecule has 1 aromatic rings. The van der Waals surface area contributed by atoms with Gasteiger partial charge in [0.15, 0.2) is 0 Å². The van der Waals surface area contributed by atoms with Crippen molar-refractivity contribution in [2.24, 2.45) is 11.7 Å². The van der Waals surface area contributed by atoms with Crippen LogP contribution in [0.3, 0.4) is 0 Å². The highest BCUT2D eigenvalue weighted by molar-refractivity contribution is 5.21. The molecule has 2 fully saturated rings. The number of nitrogens with two attached hydrogens (primary N) is 1. The fraction of sp³-hybridized carbons (Fsp3) is 0.538. The van der Waals surface area contributed by atoms with E-state index in [1.807, 2.05) is 0 Å². The Morgan fingerprint density at radius 2 is 1.88 bits per heavy atom. The standard InChI is InChI=1S/C13H19N3/c14-10-6-7-12-11(8-10)13(16-15-12)9-4-2-1-3-5-9/h1-5,10-13,15-16H,6-8,14H2. The van der Waals surface area contributed by atoms with Gasteiger partial charge in [-0.25, -0.2) is 5.43 Å². The number of rotatable bonds is 1. The second-order valence-corrected chi connectivity index (χ2v) is 5.02. The molecule has 4 N–H and O–H groups in total. The van der Waals surface area contributed by atoms with Crippen molar-refractivity contribution in [3.63, 3.8) is 0 Å². The van der Waals surface area contributed by atoms with E-state index in [9.17, 15) is 0 Å². The Morgan fingerprint density at radius 1 is 1.06 bits per heavy atom. The summed E-state index contributed by atoms with van der Waals surface area (Å²) in [5, 5.41) is 0. The van der Waals surface area contributed by atoms with E-state index in [1.165, 1.54) is 12.0 Å². The van der Waals surface area contributed by atoms with Crippen molar-refractivity contribution < 1.29 is 0 Å². The summed E-state index contributed by atoms with van der Waals surface area (Å²) in [6, 6.07) is 12.1. The maximum absolute atomic E-state index is 6.08. The van der Waals surface area contributed by atoms with Gasteiger partial charge in [0.1, 0.15) is 0 Å². The molecule has 3 heteroatoms. The highest BCUT2D eigenvalue weighted by Gasteiger charge is 2.39.